The van der Waals surface area contributed by atoms with Crippen LogP contribution >= 0.6 is 0 Å². The molecule has 2 amide bonds. The predicted octanol–water partition coefficient (Wildman–Crippen LogP) is 6.32. The number of anilines is 2. The Bertz CT molecular complexity index is 1020. The largest absolute Gasteiger partial charge is 0.495 e. The van der Waals surface area contributed by atoms with Crippen LogP contribution in [-0.4, -0.2) is 20.2 Å². The molecule has 0 aliphatic heterocycles. The third-order valence-corrected chi connectivity index (χ3v) is 4.67. The molecule has 0 bridgehead atoms. The Balaban J connectivity index is 1.90. The second kappa shape index (κ2) is 8.93. The van der Waals surface area contributed by atoms with E-state index >= 15 is 0 Å². The first-order valence-electron chi connectivity index (χ1n) is 9.24. The molecule has 4 nitrogen and oxygen atoms in total. The monoisotopic (exact) mass is 384 g/mol. The zero-order valence-electron chi connectivity index (χ0n) is 16.7. The molecule has 0 saturated heterocycles. The van der Waals surface area contributed by atoms with Crippen LogP contribution in [0, 0.1) is 0 Å². The smallest absolute Gasteiger partial charge is 0.326 e. The van der Waals surface area contributed by atoms with Gasteiger partial charge in [0.25, 0.3) is 0 Å². The summed E-state index contributed by atoms with van der Waals surface area (Å²) in [5.41, 5.74) is 5.24. The maximum atomic E-state index is 12.9. The van der Waals surface area contributed by atoms with Crippen molar-refractivity contribution < 1.29 is 9.53 Å². The molecule has 0 unspecified atom stereocenters. The number of urea groups is 1. The molecule has 3 aromatic rings. The highest BCUT2D eigenvalue weighted by Crippen LogP contribution is 2.31. The highest BCUT2D eigenvalue weighted by molar-refractivity contribution is 6.03. The lowest BCUT2D eigenvalue weighted by Crippen LogP contribution is -2.31. The fourth-order valence-corrected chi connectivity index (χ4v) is 3.02. The summed E-state index contributed by atoms with van der Waals surface area (Å²) in [4.78, 5) is 14.5. The lowest BCUT2D eigenvalue weighted by Gasteiger charge is -2.20. The Morgan fingerprint density at radius 1 is 0.931 bits per heavy atom. The van der Waals surface area contributed by atoms with Gasteiger partial charge in [-0.25, -0.2) is 4.79 Å². The molecule has 0 heterocycles. The van der Waals surface area contributed by atoms with Gasteiger partial charge in [-0.2, -0.15) is 0 Å². The van der Waals surface area contributed by atoms with Crippen molar-refractivity contribution in [2.45, 2.75) is 0 Å². The zero-order chi connectivity index (χ0) is 20.8. The maximum Gasteiger partial charge on any atom is 0.326 e. The number of hydrogen-bond donors (Lipinski definition) is 1. The molecule has 0 saturated carbocycles. The molecule has 0 aliphatic rings. The standard InChI is InChI=1S/C25H24N2O2/c1-5-18-14-19(6-2)16-22(15-18)27(3)25(28)26-23-17-21(12-13-24(23)29-4)20-10-8-7-9-11-20/h5-17H,1-2H2,3-4H3,(H,26,28). The van der Waals surface area contributed by atoms with E-state index in [-0.39, 0.29) is 6.03 Å². The van der Waals surface area contributed by atoms with E-state index in [0.29, 0.717) is 11.4 Å². The van der Waals surface area contributed by atoms with Crippen molar-refractivity contribution >= 4 is 29.6 Å². The minimum Gasteiger partial charge on any atom is -0.495 e. The Labute approximate surface area is 171 Å². The number of ether oxygens (including phenoxy) is 1. The first kappa shape index (κ1) is 20.0. The van der Waals surface area contributed by atoms with Crippen molar-refractivity contribution in [2.24, 2.45) is 0 Å². The van der Waals surface area contributed by atoms with Gasteiger partial charge in [-0.1, -0.05) is 61.7 Å². The molecule has 1 N–H and O–H groups in total. The van der Waals surface area contributed by atoms with Crippen LogP contribution in [-0.2, 0) is 0 Å². The molecule has 0 spiro atoms. The van der Waals surface area contributed by atoms with Crippen LogP contribution in [0.3, 0.4) is 0 Å². The van der Waals surface area contributed by atoms with Gasteiger partial charge in [0.2, 0.25) is 0 Å². The van der Waals surface area contributed by atoms with Crippen molar-refractivity contribution in [3.05, 3.63) is 91.0 Å². The van der Waals surface area contributed by atoms with Crippen LogP contribution in [0.15, 0.2) is 79.9 Å². The number of amides is 2. The van der Waals surface area contributed by atoms with E-state index in [1.54, 1.807) is 31.2 Å². The Kier molecular flexibility index (Phi) is 6.15. The van der Waals surface area contributed by atoms with Gasteiger partial charge < -0.3 is 10.1 Å². The molecule has 3 aromatic carbocycles. The number of nitrogens with one attached hydrogen (secondary N) is 1. The molecule has 0 radical (unpaired) electrons. The number of benzene rings is 3. The number of rotatable bonds is 6. The van der Waals surface area contributed by atoms with Crippen LogP contribution in [0.1, 0.15) is 11.1 Å². The van der Waals surface area contributed by atoms with E-state index in [2.05, 4.69) is 18.5 Å². The average Bonchev–Trinajstić information content (AvgIpc) is 2.78. The van der Waals surface area contributed by atoms with Gasteiger partial charge in [-0.3, -0.25) is 4.90 Å². The van der Waals surface area contributed by atoms with Crippen molar-refractivity contribution in [1.82, 2.24) is 0 Å². The number of carbonyl (C=O) groups excluding carboxylic acids is 1. The van der Waals surface area contributed by atoms with Gasteiger partial charge in [0, 0.05) is 12.7 Å². The summed E-state index contributed by atoms with van der Waals surface area (Å²) in [5.74, 6) is 0.595. The molecular weight excluding hydrogens is 360 g/mol. The summed E-state index contributed by atoms with van der Waals surface area (Å²) in [6, 6.07) is 21.2. The molecule has 0 atom stereocenters. The van der Waals surface area contributed by atoms with Crippen LogP contribution in [0.5, 0.6) is 5.75 Å². The van der Waals surface area contributed by atoms with Gasteiger partial charge >= 0.3 is 6.03 Å². The third kappa shape index (κ3) is 4.55. The fraction of sp³-hybridized carbons (Fsp3) is 0.0800. The number of methoxy groups -OCH3 is 1. The molecule has 0 aliphatic carbocycles. The predicted molar refractivity (Wildman–Crippen MR) is 122 cm³/mol. The molecule has 0 aromatic heterocycles. The fourth-order valence-electron chi connectivity index (χ4n) is 3.02. The van der Waals surface area contributed by atoms with Gasteiger partial charge in [0.05, 0.1) is 12.8 Å². The Morgan fingerprint density at radius 2 is 1.59 bits per heavy atom. The van der Waals surface area contributed by atoms with Crippen molar-refractivity contribution in [3.63, 3.8) is 0 Å². The van der Waals surface area contributed by atoms with E-state index < -0.39 is 0 Å². The van der Waals surface area contributed by atoms with Gasteiger partial charge in [-0.15, -0.1) is 0 Å². The molecule has 4 heteroatoms. The molecule has 3 rings (SSSR count). The Morgan fingerprint density at radius 3 is 2.17 bits per heavy atom. The quantitative estimate of drug-likeness (QED) is 0.540. The second-order valence-corrected chi connectivity index (χ2v) is 6.54. The number of carbonyl (C=O) groups is 1. The number of hydrogen-bond acceptors (Lipinski definition) is 2. The van der Waals surface area contributed by atoms with E-state index in [1.165, 1.54) is 0 Å². The van der Waals surface area contributed by atoms with E-state index in [1.807, 2.05) is 66.7 Å². The molecule has 146 valence electrons. The SMILES string of the molecule is C=Cc1cc(C=C)cc(N(C)C(=O)Nc2cc(-c3ccccc3)ccc2OC)c1. The number of nitrogens with zero attached hydrogens (tertiary/aromatic N) is 1. The Hall–Kier alpha value is -3.79. The highest BCUT2D eigenvalue weighted by atomic mass is 16.5. The van der Waals surface area contributed by atoms with E-state index in [9.17, 15) is 4.79 Å². The summed E-state index contributed by atoms with van der Waals surface area (Å²) in [6.07, 6.45) is 3.49. The lowest BCUT2D eigenvalue weighted by molar-refractivity contribution is 0.258. The van der Waals surface area contributed by atoms with Crippen LogP contribution in [0.4, 0.5) is 16.2 Å². The van der Waals surface area contributed by atoms with Crippen molar-refractivity contribution in [2.75, 3.05) is 24.4 Å². The lowest BCUT2D eigenvalue weighted by atomic mass is 10.0. The maximum absolute atomic E-state index is 12.9. The van der Waals surface area contributed by atoms with Crippen LogP contribution in [0.2, 0.25) is 0 Å². The first-order chi connectivity index (χ1) is 14.0. The summed E-state index contributed by atoms with van der Waals surface area (Å²) in [6.45, 7) is 7.62. The van der Waals surface area contributed by atoms with E-state index in [4.69, 9.17) is 4.74 Å². The van der Waals surface area contributed by atoms with Crippen molar-refractivity contribution in [3.8, 4) is 16.9 Å². The van der Waals surface area contributed by atoms with Gasteiger partial charge in [0.1, 0.15) is 5.75 Å². The van der Waals surface area contributed by atoms with E-state index in [0.717, 1.165) is 27.9 Å². The minimum atomic E-state index is -0.273. The minimum absolute atomic E-state index is 0.273. The summed E-state index contributed by atoms with van der Waals surface area (Å²) >= 11 is 0. The molecule has 0 fully saturated rings. The topological polar surface area (TPSA) is 41.6 Å². The van der Waals surface area contributed by atoms with Gasteiger partial charge in [0.15, 0.2) is 0 Å². The third-order valence-electron chi connectivity index (χ3n) is 4.67. The van der Waals surface area contributed by atoms with Crippen LogP contribution < -0.4 is 15.0 Å². The average molecular weight is 384 g/mol. The van der Waals surface area contributed by atoms with Gasteiger partial charge in [-0.05, 0) is 52.6 Å². The van der Waals surface area contributed by atoms with Crippen LogP contribution in [0.25, 0.3) is 23.3 Å². The summed E-state index contributed by atoms with van der Waals surface area (Å²) < 4.78 is 5.44. The summed E-state index contributed by atoms with van der Waals surface area (Å²) in [5, 5.41) is 2.96. The molecular formula is C25H24N2O2. The summed E-state index contributed by atoms with van der Waals surface area (Å²) in [7, 11) is 3.30. The normalized spacial score (nSPS) is 10.1. The zero-order valence-corrected chi connectivity index (χ0v) is 16.7. The highest BCUT2D eigenvalue weighted by Gasteiger charge is 2.15. The van der Waals surface area contributed by atoms with Crippen molar-refractivity contribution in [1.29, 1.82) is 0 Å². The first-order valence-corrected chi connectivity index (χ1v) is 9.24. The molecule has 29 heavy (non-hydrogen) atoms. The second-order valence-electron chi connectivity index (χ2n) is 6.54.